The largest absolute Gasteiger partial charge is 0.316 e. The molecule has 0 aliphatic carbocycles. The Balaban J connectivity index is 2.22. The highest BCUT2D eigenvalue weighted by Crippen LogP contribution is 2.09. The van der Waals surface area contributed by atoms with Crippen LogP contribution in [0.5, 0.6) is 0 Å². The average molecular weight is 251 g/mol. The summed E-state index contributed by atoms with van der Waals surface area (Å²) in [5, 5.41) is 8.11. The number of hydrogen-bond acceptors (Lipinski definition) is 2. The van der Waals surface area contributed by atoms with Crippen molar-refractivity contribution in [3.63, 3.8) is 0 Å². The number of aryl methyl sites for hydroxylation is 1. The molecule has 0 radical (unpaired) electrons. The van der Waals surface area contributed by atoms with Crippen molar-refractivity contribution in [2.75, 3.05) is 13.1 Å². The molecule has 0 bridgehead atoms. The standard InChI is InChI=1S/C15H29N3/c1-12(2)10-16-11-14(5)6-7-15-8-9-18(17-15)13(3)4/h8-9,12-14,16H,6-7,10-11H2,1-5H3. The van der Waals surface area contributed by atoms with Crippen LogP contribution in [-0.2, 0) is 6.42 Å². The monoisotopic (exact) mass is 251 g/mol. The third-order valence-corrected chi connectivity index (χ3v) is 3.13. The fourth-order valence-corrected chi connectivity index (χ4v) is 1.91. The molecular weight excluding hydrogens is 222 g/mol. The van der Waals surface area contributed by atoms with Crippen LogP contribution in [0.2, 0.25) is 0 Å². The summed E-state index contributed by atoms with van der Waals surface area (Å²) in [5.41, 5.74) is 1.22. The van der Waals surface area contributed by atoms with Crippen molar-refractivity contribution in [2.24, 2.45) is 11.8 Å². The lowest BCUT2D eigenvalue weighted by Crippen LogP contribution is -2.25. The summed E-state index contributed by atoms with van der Waals surface area (Å²) in [6.45, 7) is 13.4. The normalized spacial score (nSPS) is 13.5. The van der Waals surface area contributed by atoms with E-state index in [1.54, 1.807) is 0 Å². The summed E-state index contributed by atoms with van der Waals surface area (Å²) in [4.78, 5) is 0. The van der Waals surface area contributed by atoms with Gasteiger partial charge in [0.05, 0.1) is 5.69 Å². The van der Waals surface area contributed by atoms with E-state index in [1.807, 2.05) is 4.68 Å². The van der Waals surface area contributed by atoms with Gasteiger partial charge < -0.3 is 5.32 Å². The summed E-state index contributed by atoms with van der Waals surface area (Å²) in [7, 11) is 0. The molecular formula is C15H29N3. The van der Waals surface area contributed by atoms with E-state index in [2.05, 4.69) is 57.3 Å². The molecule has 18 heavy (non-hydrogen) atoms. The highest BCUT2D eigenvalue weighted by Gasteiger charge is 2.06. The van der Waals surface area contributed by atoms with Crippen LogP contribution >= 0.6 is 0 Å². The molecule has 1 rings (SSSR count). The fourth-order valence-electron chi connectivity index (χ4n) is 1.91. The van der Waals surface area contributed by atoms with Crippen molar-refractivity contribution in [1.29, 1.82) is 0 Å². The van der Waals surface area contributed by atoms with E-state index in [4.69, 9.17) is 0 Å². The predicted molar refractivity (Wildman–Crippen MR) is 77.8 cm³/mol. The predicted octanol–water partition coefficient (Wildman–Crippen LogP) is 3.28. The van der Waals surface area contributed by atoms with E-state index < -0.39 is 0 Å². The number of aromatic nitrogens is 2. The Morgan fingerprint density at radius 3 is 2.44 bits per heavy atom. The van der Waals surface area contributed by atoms with Crippen molar-refractivity contribution in [1.82, 2.24) is 15.1 Å². The Morgan fingerprint density at radius 1 is 1.17 bits per heavy atom. The van der Waals surface area contributed by atoms with Crippen molar-refractivity contribution < 1.29 is 0 Å². The first-order valence-corrected chi connectivity index (χ1v) is 7.23. The van der Waals surface area contributed by atoms with Gasteiger partial charge in [-0.2, -0.15) is 5.10 Å². The minimum atomic E-state index is 0.462. The van der Waals surface area contributed by atoms with Crippen molar-refractivity contribution in [2.45, 2.75) is 53.5 Å². The van der Waals surface area contributed by atoms with E-state index in [9.17, 15) is 0 Å². The van der Waals surface area contributed by atoms with Crippen molar-refractivity contribution in [3.8, 4) is 0 Å². The molecule has 1 N–H and O–H groups in total. The van der Waals surface area contributed by atoms with Crippen LogP contribution in [0.25, 0.3) is 0 Å². The molecule has 0 aliphatic rings. The third-order valence-electron chi connectivity index (χ3n) is 3.13. The summed E-state index contributed by atoms with van der Waals surface area (Å²) in [5.74, 6) is 1.45. The molecule has 1 atom stereocenters. The summed E-state index contributed by atoms with van der Waals surface area (Å²) < 4.78 is 2.04. The van der Waals surface area contributed by atoms with Gasteiger partial charge in [0.25, 0.3) is 0 Å². The number of nitrogens with zero attached hydrogens (tertiary/aromatic N) is 2. The molecule has 3 heteroatoms. The van der Waals surface area contributed by atoms with Gasteiger partial charge >= 0.3 is 0 Å². The minimum absolute atomic E-state index is 0.462. The Kier molecular flexibility index (Phi) is 6.41. The van der Waals surface area contributed by atoms with Crippen LogP contribution < -0.4 is 5.32 Å². The fraction of sp³-hybridized carbons (Fsp3) is 0.800. The maximum Gasteiger partial charge on any atom is 0.0624 e. The maximum absolute atomic E-state index is 4.59. The second-order valence-electron chi connectivity index (χ2n) is 6.08. The topological polar surface area (TPSA) is 29.9 Å². The van der Waals surface area contributed by atoms with E-state index in [0.29, 0.717) is 12.0 Å². The molecule has 0 saturated heterocycles. The Morgan fingerprint density at radius 2 is 1.89 bits per heavy atom. The molecule has 1 heterocycles. The molecule has 0 spiro atoms. The molecule has 3 nitrogen and oxygen atoms in total. The average Bonchev–Trinajstić information content (AvgIpc) is 2.74. The zero-order valence-electron chi connectivity index (χ0n) is 12.6. The molecule has 0 aromatic carbocycles. The molecule has 0 aliphatic heterocycles. The van der Waals surface area contributed by atoms with Crippen LogP contribution in [0.4, 0.5) is 0 Å². The zero-order valence-corrected chi connectivity index (χ0v) is 12.6. The number of rotatable bonds is 8. The Labute approximate surface area is 112 Å². The van der Waals surface area contributed by atoms with Gasteiger partial charge in [0.15, 0.2) is 0 Å². The van der Waals surface area contributed by atoms with Gasteiger partial charge in [-0.3, -0.25) is 4.68 Å². The first-order valence-electron chi connectivity index (χ1n) is 7.23. The lowest BCUT2D eigenvalue weighted by atomic mass is 10.0. The van der Waals surface area contributed by atoms with Gasteiger partial charge in [-0.15, -0.1) is 0 Å². The molecule has 1 unspecified atom stereocenters. The SMILES string of the molecule is CC(C)CNCC(C)CCc1ccn(C(C)C)n1. The molecule has 0 saturated carbocycles. The van der Waals surface area contributed by atoms with Gasteiger partial charge in [0.2, 0.25) is 0 Å². The quantitative estimate of drug-likeness (QED) is 0.768. The lowest BCUT2D eigenvalue weighted by molar-refractivity contribution is 0.450. The summed E-state index contributed by atoms with van der Waals surface area (Å²) in [6, 6.07) is 2.61. The Hall–Kier alpha value is -0.830. The Bertz CT molecular complexity index is 328. The van der Waals surface area contributed by atoms with Gasteiger partial charge in [-0.25, -0.2) is 0 Å². The van der Waals surface area contributed by atoms with Crippen LogP contribution in [0.15, 0.2) is 12.3 Å². The first-order chi connectivity index (χ1) is 8.49. The van der Waals surface area contributed by atoms with Crippen molar-refractivity contribution in [3.05, 3.63) is 18.0 Å². The van der Waals surface area contributed by atoms with Crippen molar-refractivity contribution >= 4 is 0 Å². The summed E-state index contributed by atoms with van der Waals surface area (Å²) in [6.07, 6.45) is 4.38. The van der Waals surface area contributed by atoms with Crippen LogP contribution in [0, 0.1) is 11.8 Å². The molecule has 0 fully saturated rings. The van der Waals surface area contributed by atoms with Gasteiger partial charge in [-0.1, -0.05) is 20.8 Å². The third kappa shape index (κ3) is 5.67. The van der Waals surface area contributed by atoms with Gasteiger partial charge in [0.1, 0.15) is 0 Å². The van der Waals surface area contributed by atoms with E-state index >= 15 is 0 Å². The minimum Gasteiger partial charge on any atom is -0.316 e. The molecule has 1 aromatic heterocycles. The van der Waals surface area contributed by atoms with Gasteiger partial charge in [0, 0.05) is 12.2 Å². The number of hydrogen-bond donors (Lipinski definition) is 1. The highest BCUT2D eigenvalue weighted by molar-refractivity contribution is 4.99. The molecule has 0 amide bonds. The van der Waals surface area contributed by atoms with Gasteiger partial charge in [-0.05, 0) is 57.7 Å². The number of nitrogens with one attached hydrogen (secondary N) is 1. The smallest absolute Gasteiger partial charge is 0.0624 e. The second-order valence-corrected chi connectivity index (χ2v) is 6.08. The van der Waals surface area contributed by atoms with Crippen LogP contribution in [0.3, 0.4) is 0 Å². The zero-order chi connectivity index (χ0) is 13.5. The molecule has 104 valence electrons. The lowest BCUT2D eigenvalue weighted by Gasteiger charge is -2.13. The highest BCUT2D eigenvalue weighted by atomic mass is 15.3. The van der Waals surface area contributed by atoms with E-state index in [-0.39, 0.29) is 0 Å². The first kappa shape index (κ1) is 15.2. The van der Waals surface area contributed by atoms with Crippen LogP contribution in [0.1, 0.15) is 52.8 Å². The van der Waals surface area contributed by atoms with E-state index in [1.165, 1.54) is 12.1 Å². The van der Waals surface area contributed by atoms with E-state index in [0.717, 1.165) is 25.4 Å². The summed E-state index contributed by atoms with van der Waals surface area (Å²) >= 11 is 0. The second kappa shape index (κ2) is 7.57. The van der Waals surface area contributed by atoms with Crippen LogP contribution in [-0.4, -0.2) is 22.9 Å². The maximum atomic E-state index is 4.59. The molecule has 1 aromatic rings.